The Balaban J connectivity index is 1.76. The van der Waals surface area contributed by atoms with Gasteiger partial charge in [-0.3, -0.25) is 9.59 Å². The first-order valence-corrected chi connectivity index (χ1v) is 9.00. The van der Waals surface area contributed by atoms with Gasteiger partial charge in [0, 0.05) is 5.56 Å². The lowest BCUT2D eigenvalue weighted by Crippen LogP contribution is -2.20. The van der Waals surface area contributed by atoms with Gasteiger partial charge in [-0.2, -0.15) is 0 Å². The molecule has 1 radical (unpaired) electrons. The van der Waals surface area contributed by atoms with E-state index in [4.69, 9.17) is 9.47 Å². The van der Waals surface area contributed by atoms with Crippen LogP contribution in [-0.2, 0) is 16.2 Å². The fourth-order valence-corrected chi connectivity index (χ4v) is 2.72. The van der Waals surface area contributed by atoms with E-state index in [-0.39, 0.29) is 0 Å². The monoisotopic (exact) mass is 373 g/mol. The van der Waals surface area contributed by atoms with Gasteiger partial charge in [-0.25, -0.2) is 0 Å². The van der Waals surface area contributed by atoms with Crippen molar-refractivity contribution >= 4 is 12.3 Å². The van der Waals surface area contributed by atoms with Gasteiger partial charge in [-0.1, -0.05) is 65.7 Å². The highest BCUT2D eigenvalue weighted by Crippen LogP contribution is 2.28. The van der Waals surface area contributed by atoms with E-state index in [1.54, 1.807) is 42.7 Å². The summed E-state index contributed by atoms with van der Waals surface area (Å²) in [4.78, 5) is 24.1. The lowest BCUT2D eigenvalue weighted by atomic mass is 9.99. The van der Waals surface area contributed by atoms with Crippen molar-refractivity contribution < 1.29 is 19.1 Å². The van der Waals surface area contributed by atoms with Crippen LogP contribution >= 0.6 is 0 Å². The van der Waals surface area contributed by atoms with Crippen LogP contribution in [0.15, 0.2) is 72.8 Å². The summed E-state index contributed by atoms with van der Waals surface area (Å²) in [5.74, 6) is -1.04. The molecule has 4 heteroatoms. The number of para-hydroxylation sites is 1. The maximum Gasteiger partial charge on any atom is 0.327 e. The molecule has 3 rings (SSSR count). The second-order valence-corrected chi connectivity index (χ2v) is 6.60. The number of aryl methyl sites for hydroxylation is 2. The van der Waals surface area contributed by atoms with Gasteiger partial charge in [0.2, 0.25) is 6.29 Å². The Hall–Kier alpha value is -3.40. The number of ether oxygens (including phenoxy) is 2. The van der Waals surface area contributed by atoms with E-state index in [9.17, 15) is 9.59 Å². The van der Waals surface area contributed by atoms with Crippen molar-refractivity contribution in [1.29, 1.82) is 0 Å². The first kappa shape index (κ1) is 19.4. The van der Waals surface area contributed by atoms with Crippen molar-refractivity contribution in [2.24, 2.45) is 0 Å². The quantitative estimate of drug-likeness (QED) is 0.343. The van der Waals surface area contributed by atoms with Crippen LogP contribution in [0.2, 0.25) is 0 Å². The average molecular weight is 373 g/mol. The smallest absolute Gasteiger partial charge is 0.327 e. The molecule has 0 N–H and O–H groups in total. The Morgan fingerprint density at radius 2 is 1.50 bits per heavy atom. The van der Waals surface area contributed by atoms with Crippen LogP contribution in [-0.4, -0.2) is 12.3 Å². The summed E-state index contributed by atoms with van der Waals surface area (Å²) in [6, 6.07) is 22.0. The van der Waals surface area contributed by atoms with Crippen LogP contribution in [0.25, 0.3) is 0 Å². The molecule has 0 aromatic heterocycles. The highest BCUT2D eigenvalue weighted by Gasteiger charge is 2.26. The molecule has 3 aromatic carbocycles. The van der Waals surface area contributed by atoms with Crippen LogP contribution in [0.1, 0.15) is 28.2 Å². The predicted molar refractivity (Wildman–Crippen MR) is 107 cm³/mol. The van der Waals surface area contributed by atoms with Gasteiger partial charge >= 0.3 is 5.97 Å². The lowest BCUT2D eigenvalue weighted by molar-refractivity contribution is -0.134. The minimum Gasteiger partial charge on any atom is -0.489 e. The number of esters is 1. The average Bonchev–Trinajstić information content (AvgIpc) is 2.71. The van der Waals surface area contributed by atoms with Gasteiger partial charge in [0.05, 0.1) is 0 Å². The van der Waals surface area contributed by atoms with E-state index in [2.05, 4.69) is 0 Å². The Morgan fingerprint density at radius 1 is 0.893 bits per heavy atom. The van der Waals surface area contributed by atoms with Crippen molar-refractivity contribution in [2.75, 3.05) is 0 Å². The first-order chi connectivity index (χ1) is 13.6. The predicted octanol–water partition coefficient (Wildman–Crippen LogP) is 4.68. The third-order valence-electron chi connectivity index (χ3n) is 4.34. The number of rotatable bonds is 7. The SMILES string of the molecule is Cc1ccc(COc2ccccc2C([C]=O)C(=O)Oc2ccc(C)cc2)cc1. The van der Waals surface area contributed by atoms with Crippen molar-refractivity contribution in [3.63, 3.8) is 0 Å². The standard InChI is InChI=1S/C24H21O4/c1-17-7-11-19(12-8-17)16-27-23-6-4-3-5-21(23)22(15-25)24(26)28-20-13-9-18(2)10-14-20/h3-14,22H,16H2,1-2H3. The molecule has 4 nitrogen and oxygen atoms in total. The topological polar surface area (TPSA) is 52.6 Å². The summed E-state index contributed by atoms with van der Waals surface area (Å²) in [7, 11) is 0. The van der Waals surface area contributed by atoms with Crippen molar-refractivity contribution in [1.82, 2.24) is 0 Å². The number of carbonyl (C=O) groups excluding carboxylic acids is 2. The molecular formula is C24H21O4. The zero-order valence-corrected chi connectivity index (χ0v) is 15.8. The summed E-state index contributed by atoms with van der Waals surface area (Å²) < 4.78 is 11.2. The molecule has 0 bridgehead atoms. The molecule has 0 saturated heterocycles. The summed E-state index contributed by atoms with van der Waals surface area (Å²) >= 11 is 0. The molecule has 0 saturated carbocycles. The minimum absolute atomic E-state index is 0.329. The maximum absolute atomic E-state index is 12.6. The second-order valence-electron chi connectivity index (χ2n) is 6.60. The van der Waals surface area contributed by atoms with E-state index in [0.717, 1.165) is 11.1 Å². The van der Waals surface area contributed by atoms with E-state index < -0.39 is 11.9 Å². The van der Waals surface area contributed by atoms with Crippen LogP contribution in [0.4, 0.5) is 0 Å². The summed E-state index contributed by atoms with van der Waals surface area (Å²) in [6.45, 7) is 4.29. The van der Waals surface area contributed by atoms with Gasteiger partial charge in [-0.05, 0) is 37.6 Å². The third-order valence-corrected chi connectivity index (χ3v) is 4.34. The molecule has 141 valence electrons. The fraction of sp³-hybridized carbons (Fsp3) is 0.167. The highest BCUT2D eigenvalue weighted by atomic mass is 16.5. The Kier molecular flexibility index (Phi) is 6.22. The Labute approximate surface area is 164 Å². The molecule has 0 aliphatic rings. The van der Waals surface area contributed by atoms with E-state index in [0.29, 0.717) is 23.7 Å². The molecule has 0 amide bonds. The van der Waals surface area contributed by atoms with Gasteiger partial charge in [-0.15, -0.1) is 0 Å². The summed E-state index contributed by atoms with van der Waals surface area (Å²) in [5.41, 5.74) is 3.64. The third kappa shape index (κ3) is 4.86. The lowest BCUT2D eigenvalue weighted by Gasteiger charge is -2.15. The van der Waals surface area contributed by atoms with E-state index in [1.165, 1.54) is 5.56 Å². The molecule has 0 heterocycles. The van der Waals surface area contributed by atoms with Crippen LogP contribution in [0.3, 0.4) is 0 Å². The van der Waals surface area contributed by atoms with Crippen LogP contribution < -0.4 is 9.47 Å². The number of hydrogen-bond donors (Lipinski definition) is 0. The number of carbonyl (C=O) groups is 1. The Bertz CT molecular complexity index is 943. The normalized spacial score (nSPS) is 11.5. The zero-order valence-electron chi connectivity index (χ0n) is 15.8. The molecule has 1 unspecified atom stereocenters. The van der Waals surface area contributed by atoms with Crippen molar-refractivity contribution in [3.05, 3.63) is 95.1 Å². The van der Waals surface area contributed by atoms with Gasteiger partial charge < -0.3 is 9.47 Å². The molecule has 0 spiro atoms. The van der Waals surface area contributed by atoms with E-state index >= 15 is 0 Å². The molecule has 0 fully saturated rings. The number of hydrogen-bond acceptors (Lipinski definition) is 4. The molecule has 28 heavy (non-hydrogen) atoms. The summed E-state index contributed by atoms with van der Waals surface area (Å²) in [5, 5.41) is 0. The molecular weight excluding hydrogens is 352 g/mol. The van der Waals surface area contributed by atoms with Crippen LogP contribution in [0, 0.1) is 13.8 Å². The van der Waals surface area contributed by atoms with Gasteiger partial charge in [0.15, 0.2) is 5.92 Å². The fourth-order valence-electron chi connectivity index (χ4n) is 2.72. The maximum atomic E-state index is 12.6. The zero-order chi connectivity index (χ0) is 19.9. The molecule has 1 atom stereocenters. The van der Waals surface area contributed by atoms with Gasteiger partial charge in [0.25, 0.3) is 0 Å². The Morgan fingerprint density at radius 3 is 2.14 bits per heavy atom. The molecule has 0 aliphatic heterocycles. The van der Waals surface area contributed by atoms with E-state index in [1.807, 2.05) is 50.2 Å². The largest absolute Gasteiger partial charge is 0.489 e. The first-order valence-electron chi connectivity index (χ1n) is 9.00. The second kappa shape index (κ2) is 9.00. The van der Waals surface area contributed by atoms with Crippen molar-refractivity contribution in [3.8, 4) is 11.5 Å². The number of benzene rings is 3. The minimum atomic E-state index is -1.18. The summed E-state index contributed by atoms with van der Waals surface area (Å²) in [6.07, 6.45) is 1.79. The van der Waals surface area contributed by atoms with Crippen molar-refractivity contribution in [2.45, 2.75) is 26.4 Å². The van der Waals surface area contributed by atoms with Crippen LogP contribution in [0.5, 0.6) is 11.5 Å². The molecule has 0 aliphatic carbocycles. The van der Waals surface area contributed by atoms with Gasteiger partial charge in [0.1, 0.15) is 18.1 Å². The highest BCUT2D eigenvalue weighted by molar-refractivity contribution is 5.96. The molecule has 3 aromatic rings.